The van der Waals surface area contributed by atoms with E-state index in [1.165, 1.54) is 34.6 Å². The lowest BCUT2D eigenvalue weighted by Crippen LogP contribution is -2.43. The van der Waals surface area contributed by atoms with Crippen LogP contribution < -0.4 is 16.2 Å². The lowest BCUT2D eigenvalue weighted by atomic mass is 10.2. The van der Waals surface area contributed by atoms with Gasteiger partial charge in [-0.05, 0) is 30.3 Å². The molecule has 9 nitrogen and oxygen atoms in total. The molecule has 3 rings (SSSR count). The number of carbonyl (C=O) groups excluding carboxylic acids is 2. The normalized spacial score (nSPS) is 18.7. The minimum Gasteiger partial charge on any atom is -0.379 e. The molecule has 0 atom stereocenters. The van der Waals surface area contributed by atoms with Gasteiger partial charge in [-0.1, -0.05) is 0 Å². The highest BCUT2D eigenvalue weighted by atomic mass is 32.2. The van der Waals surface area contributed by atoms with Crippen molar-refractivity contribution in [1.82, 2.24) is 15.2 Å². The summed E-state index contributed by atoms with van der Waals surface area (Å²) in [4.78, 5) is 23.3. The Morgan fingerprint density at radius 1 is 1.12 bits per heavy atom. The van der Waals surface area contributed by atoms with E-state index in [2.05, 4.69) is 16.2 Å². The van der Waals surface area contributed by atoms with Crippen molar-refractivity contribution < 1.29 is 22.7 Å². The molecule has 0 spiro atoms. The van der Waals surface area contributed by atoms with E-state index in [1.54, 1.807) is 0 Å². The number of carbonyl (C=O) groups is 2. The van der Waals surface area contributed by atoms with E-state index < -0.39 is 15.9 Å². The van der Waals surface area contributed by atoms with E-state index in [0.29, 0.717) is 32.0 Å². The molecule has 2 aliphatic heterocycles. The summed E-state index contributed by atoms with van der Waals surface area (Å²) in [5.41, 5.74) is 5.53. The Morgan fingerprint density at radius 2 is 1.80 bits per heavy atom. The second kappa shape index (κ2) is 7.21. The van der Waals surface area contributed by atoms with Crippen LogP contribution in [0.5, 0.6) is 0 Å². The van der Waals surface area contributed by atoms with Gasteiger partial charge in [-0.2, -0.15) is 4.31 Å². The van der Waals surface area contributed by atoms with Crippen molar-refractivity contribution in [2.75, 3.05) is 31.6 Å². The van der Waals surface area contributed by atoms with E-state index >= 15 is 0 Å². The van der Waals surface area contributed by atoms with Gasteiger partial charge in [0.1, 0.15) is 5.70 Å². The SMILES string of the molecule is O=C1CC=C(C(=O)Nc2ccc(S(=O)(=O)N3CCOCC3)cc2)NN1. The molecule has 0 unspecified atom stereocenters. The van der Waals surface area contributed by atoms with E-state index in [4.69, 9.17) is 4.74 Å². The summed E-state index contributed by atoms with van der Waals surface area (Å²) in [7, 11) is -3.56. The van der Waals surface area contributed by atoms with Crippen LogP contribution in [-0.4, -0.2) is 50.8 Å². The molecule has 0 aliphatic carbocycles. The third kappa shape index (κ3) is 3.98. The van der Waals surface area contributed by atoms with Gasteiger partial charge in [-0.3, -0.25) is 20.4 Å². The molecule has 0 radical (unpaired) electrons. The van der Waals surface area contributed by atoms with Crippen LogP contribution in [0.1, 0.15) is 6.42 Å². The number of anilines is 1. The molecule has 1 aromatic rings. The molecule has 1 aromatic carbocycles. The molecule has 0 bridgehead atoms. The van der Waals surface area contributed by atoms with E-state index in [9.17, 15) is 18.0 Å². The fourth-order valence-electron chi connectivity index (χ4n) is 2.43. The van der Waals surface area contributed by atoms with Crippen molar-refractivity contribution in [2.24, 2.45) is 0 Å². The highest BCUT2D eigenvalue weighted by Gasteiger charge is 2.26. The van der Waals surface area contributed by atoms with Crippen molar-refractivity contribution in [1.29, 1.82) is 0 Å². The molecule has 134 valence electrons. The summed E-state index contributed by atoms with van der Waals surface area (Å²) >= 11 is 0. The van der Waals surface area contributed by atoms with Gasteiger partial charge in [0.2, 0.25) is 15.9 Å². The first kappa shape index (κ1) is 17.4. The lowest BCUT2D eigenvalue weighted by molar-refractivity contribution is -0.121. The van der Waals surface area contributed by atoms with Gasteiger partial charge in [0.05, 0.1) is 18.1 Å². The van der Waals surface area contributed by atoms with Gasteiger partial charge >= 0.3 is 0 Å². The third-order valence-electron chi connectivity index (χ3n) is 3.79. The van der Waals surface area contributed by atoms with E-state index in [0.717, 1.165) is 0 Å². The molecule has 2 heterocycles. The zero-order chi connectivity index (χ0) is 17.9. The number of hydrogen-bond donors (Lipinski definition) is 3. The second-order valence-electron chi connectivity index (χ2n) is 5.49. The number of hydrogen-bond acceptors (Lipinski definition) is 6. The zero-order valence-corrected chi connectivity index (χ0v) is 14.1. The first-order valence-corrected chi connectivity index (χ1v) is 9.15. The maximum atomic E-state index is 12.5. The van der Waals surface area contributed by atoms with Crippen molar-refractivity contribution in [3.63, 3.8) is 0 Å². The van der Waals surface area contributed by atoms with Gasteiger partial charge in [-0.25, -0.2) is 8.42 Å². The molecular weight excluding hydrogens is 348 g/mol. The molecule has 2 aliphatic rings. The van der Waals surface area contributed by atoms with Crippen LogP contribution in [0.15, 0.2) is 40.9 Å². The maximum Gasteiger partial charge on any atom is 0.273 e. The van der Waals surface area contributed by atoms with Crippen molar-refractivity contribution in [3.8, 4) is 0 Å². The molecule has 25 heavy (non-hydrogen) atoms. The van der Waals surface area contributed by atoms with Gasteiger partial charge in [0, 0.05) is 25.2 Å². The summed E-state index contributed by atoms with van der Waals surface area (Å²) in [5.74, 6) is -0.655. The highest BCUT2D eigenvalue weighted by Crippen LogP contribution is 2.19. The number of nitrogens with zero attached hydrogens (tertiary/aromatic N) is 1. The quantitative estimate of drug-likeness (QED) is 0.665. The van der Waals surface area contributed by atoms with Crippen LogP contribution in [0.3, 0.4) is 0 Å². The van der Waals surface area contributed by atoms with Crippen LogP contribution in [0, 0.1) is 0 Å². The maximum absolute atomic E-state index is 12.5. The lowest BCUT2D eigenvalue weighted by Gasteiger charge is -2.26. The van der Waals surface area contributed by atoms with Gasteiger partial charge < -0.3 is 10.1 Å². The van der Waals surface area contributed by atoms with E-state index in [1.807, 2.05) is 0 Å². The number of benzene rings is 1. The summed E-state index contributed by atoms with van der Waals surface area (Å²) in [5, 5.41) is 2.64. The first-order valence-electron chi connectivity index (χ1n) is 7.71. The predicted molar refractivity (Wildman–Crippen MR) is 88.6 cm³/mol. The van der Waals surface area contributed by atoms with Crippen LogP contribution in [0.4, 0.5) is 5.69 Å². The van der Waals surface area contributed by atoms with Crippen LogP contribution in [0.25, 0.3) is 0 Å². The van der Waals surface area contributed by atoms with Gasteiger partial charge in [0.25, 0.3) is 5.91 Å². The molecule has 0 aromatic heterocycles. The van der Waals surface area contributed by atoms with E-state index in [-0.39, 0.29) is 22.9 Å². The summed E-state index contributed by atoms with van der Waals surface area (Å²) in [6.07, 6.45) is 1.60. The Balaban J connectivity index is 1.68. The molecular formula is C15H18N4O5S. The zero-order valence-electron chi connectivity index (χ0n) is 13.3. The second-order valence-corrected chi connectivity index (χ2v) is 7.43. The third-order valence-corrected chi connectivity index (χ3v) is 5.71. The largest absolute Gasteiger partial charge is 0.379 e. The highest BCUT2D eigenvalue weighted by molar-refractivity contribution is 7.89. The summed E-state index contributed by atoms with van der Waals surface area (Å²) in [6, 6.07) is 5.94. The van der Waals surface area contributed by atoms with Gasteiger partial charge in [0.15, 0.2) is 0 Å². The number of morpholine rings is 1. The number of hydrazine groups is 1. The Labute approximate surface area is 145 Å². The minimum atomic E-state index is -3.56. The Bertz CT molecular complexity index is 798. The molecule has 10 heteroatoms. The topological polar surface area (TPSA) is 117 Å². The first-order chi connectivity index (χ1) is 12.0. The summed E-state index contributed by atoms with van der Waals surface area (Å²) < 4.78 is 31.6. The molecule has 2 amide bonds. The van der Waals surface area contributed by atoms with Crippen molar-refractivity contribution in [2.45, 2.75) is 11.3 Å². The fraction of sp³-hybridized carbons (Fsp3) is 0.333. The smallest absolute Gasteiger partial charge is 0.273 e. The Kier molecular flexibility index (Phi) is 5.02. The van der Waals surface area contributed by atoms with Crippen LogP contribution in [0.2, 0.25) is 0 Å². The van der Waals surface area contributed by atoms with Gasteiger partial charge in [-0.15, -0.1) is 0 Å². The van der Waals surface area contributed by atoms with Crippen molar-refractivity contribution in [3.05, 3.63) is 36.0 Å². The minimum absolute atomic E-state index is 0.118. The number of amides is 2. The van der Waals surface area contributed by atoms with Crippen LogP contribution >= 0.6 is 0 Å². The number of rotatable bonds is 4. The van der Waals surface area contributed by atoms with Crippen molar-refractivity contribution >= 4 is 27.5 Å². The number of nitrogens with one attached hydrogen (secondary N) is 3. The summed E-state index contributed by atoms with van der Waals surface area (Å²) in [6.45, 7) is 1.41. The standard InChI is InChI=1S/C15H18N4O5S/c20-14-6-5-13(17-18-14)15(21)16-11-1-3-12(4-2-11)25(22,23)19-7-9-24-10-8-19/h1-5,17H,6-10H2,(H,16,21)(H,18,20). The predicted octanol–water partition coefficient (Wildman–Crippen LogP) is -0.446. The fourth-order valence-corrected chi connectivity index (χ4v) is 3.84. The molecule has 3 N–H and O–H groups in total. The molecule has 0 saturated carbocycles. The Hall–Kier alpha value is -2.43. The monoisotopic (exact) mass is 366 g/mol. The average Bonchev–Trinajstić information content (AvgIpc) is 2.63. The Morgan fingerprint density at radius 3 is 2.40 bits per heavy atom. The molecule has 1 fully saturated rings. The van der Waals surface area contributed by atoms with Crippen LogP contribution in [-0.2, 0) is 24.3 Å². The number of ether oxygens (including phenoxy) is 1. The average molecular weight is 366 g/mol. The molecule has 1 saturated heterocycles. The number of sulfonamides is 1.